The highest BCUT2D eigenvalue weighted by atomic mass is 32.1. The summed E-state index contributed by atoms with van der Waals surface area (Å²) in [4.78, 5) is 30.6. The average molecular weight is 1020 g/mol. The summed E-state index contributed by atoms with van der Waals surface area (Å²) in [5.41, 5.74) is 17.7. The highest BCUT2D eigenvalue weighted by Crippen LogP contribution is 2.48. The summed E-state index contributed by atoms with van der Waals surface area (Å²) < 4.78 is 42.5. The van der Waals surface area contributed by atoms with Gasteiger partial charge in [0.1, 0.15) is 48.9 Å². The molecule has 0 spiro atoms. The van der Waals surface area contributed by atoms with E-state index in [2.05, 4.69) is 27.4 Å². The summed E-state index contributed by atoms with van der Waals surface area (Å²) in [6, 6.07) is 15.5. The number of methoxy groups -OCH3 is 1. The summed E-state index contributed by atoms with van der Waals surface area (Å²) >= 11 is 3.11. The molecule has 1 aliphatic carbocycles. The van der Waals surface area contributed by atoms with Crippen molar-refractivity contribution in [1.82, 2.24) is 29.4 Å². The number of hydrogen-bond acceptors (Lipinski definition) is 15. The maximum Gasteiger partial charge on any atom is 0.359 e. The van der Waals surface area contributed by atoms with Crippen molar-refractivity contribution in [3.05, 3.63) is 122 Å². The lowest BCUT2D eigenvalue weighted by Gasteiger charge is -2.33. The van der Waals surface area contributed by atoms with E-state index in [9.17, 15) is 14.7 Å². The number of benzene rings is 2. The molecule has 17 nitrogen and oxygen atoms in total. The smallest absolute Gasteiger partial charge is 0.359 e. The second-order valence-electron chi connectivity index (χ2n) is 18.7. The van der Waals surface area contributed by atoms with Crippen molar-refractivity contribution in [2.45, 2.75) is 57.4 Å². The van der Waals surface area contributed by atoms with Crippen LogP contribution in [0.1, 0.15) is 54.7 Å². The minimum atomic E-state index is -1.27. The molecular formula is C54H54N8O9S2. The molecule has 5 aromatic heterocycles. The van der Waals surface area contributed by atoms with E-state index < -0.39 is 24.0 Å². The third-order valence-electron chi connectivity index (χ3n) is 13.5. The van der Waals surface area contributed by atoms with Gasteiger partial charge in [-0.3, -0.25) is 4.79 Å². The van der Waals surface area contributed by atoms with Crippen molar-refractivity contribution in [2.24, 2.45) is 19.8 Å². The molecule has 0 bridgehead atoms. The SMILES string of the molecule is CCOc1cc2c(cc1-c1cc(OCC(C)(CO)NC(=O)C3=C=CCN(c4ccsc4)C4=C3COc3cc(OC)c(-c5ccn(C)c5)cc34)n(C)n1)-c1c(c(C(=O)OC3CCC(N)C3)nn1-c1ccsc1)CO2. The zero-order chi connectivity index (χ0) is 50.5. The molecule has 3 atom stereocenters. The molecular weight excluding hydrogens is 969 g/mol. The van der Waals surface area contributed by atoms with Crippen LogP contribution in [0.4, 0.5) is 5.69 Å². The van der Waals surface area contributed by atoms with Crippen molar-refractivity contribution in [3.8, 4) is 68.2 Å². The number of nitrogens with zero attached hydrogens (tertiary/aromatic N) is 6. The normalized spacial score (nSPS) is 17.5. The minimum absolute atomic E-state index is 0.00304. The molecule has 3 aliphatic heterocycles. The van der Waals surface area contributed by atoms with Crippen molar-refractivity contribution in [2.75, 3.05) is 45.0 Å². The molecule has 0 saturated heterocycles. The zero-order valence-electron chi connectivity index (χ0n) is 41.0. The van der Waals surface area contributed by atoms with Crippen LogP contribution in [0, 0.1) is 0 Å². The van der Waals surface area contributed by atoms with Gasteiger partial charge in [-0.15, -0.1) is 5.73 Å². The highest BCUT2D eigenvalue weighted by Gasteiger charge is 2.37. The molecule has 4 aliphatic rings. The first-order valence-electron chi connectivity index (χ1n) is 24.0. The molecule has 8 heterocycles. The quantitative estimate of drug-likeness (QED) is 0.0661. The zero-order valence-corrected chi connectivity index (χ0v) is 42.6. The Bertz CT molecular complexity index is 3360. The van der Waals surface area contributed by atoms with E-state index in [-0.39, 0.29) is 43.2 Å². The van der Waals surface area contributed by atoms with Gasteiger partial charge in [0, 0.05) is 101 Å². The molecule has 19 heteroatoms. The molecule has 0 radical (unpaired) electrons. The third-order valence-corrected chi connectivity index (χ3v) is 14.9. The van der Waals surface area contributed by atoms with E-state index >= 15 is 0 Å². The summed E-state index contributed by atoms with van der Waals surface area (Å²) in [6.45, 7) is 4.04. The van der Waals surface area contributed by atoms with E-state index in [1.54, 1.807) is 47.8 Å². The van der Waals surface area contributed by atoms with E-state index in [1.807, 2.05) is 89.5 Å². The first kappa shape index (κ1) is 47.8. The molecule has 2 aromatic carbocycles. The number of fused-ring (bicyclic) bond motifs is 5. The van der Waals surface area contributed by atoms with Crippen LogP contribution < -0.4 is 39.6 Å². The van der Waals surface area contributed by atoms with E-state index in [4.69, 9.17) is 44.4 Å². The molecule has 7 aromatic rings. The predicted molar refractivity (Wildman–Crippen MR) is 278 cm³/mol. The monoisotopic (exact) mass is 1020 g/mol. The Morgan fingerprint density at radius 1 is 0.945 bits per heavy atom. The largest absolute Gasteiger partial charge is 0.496 e. The van der Waals surface area contributed by atoms with Crippen molar-refractivity contribution in [3.63, 3.8) is 0 Å². The molecule has 73 heavy (non-hydrogen) atoms. The minimum Gasteiger partial charge on any atom is -0.496 e. The van der Waals surface area contributed by atoms with Crippen molar-refractivity contribution in [1.29, 1.82) is 0 Å². The number of nitrogens with one attached hydrogen (secondary N) is 1. The van der Waals surface area contributed by atoms with Crippen molar-refractivity contribution >= 4 is 45.9 Å². The standard InChI is InChI=1S/C54H54N8O9S2/c1-6-67-45-23-47-40(51-42(26-69-47)49(58-62(51)34-13-17-73-28-34)53(65)71-35-10-9-32(55)18-35)20-38(45)43-21-48(60(4)57-43)70-30-54(2,29-63)56-52(64)36-8-7-14-61(33-12-16-72-27-33)50-39-19-37(31-11-15-59(3)24-31)44(66-5)22-46(39)68-25-41(36)50/h7,11-13,15-17,19-24,27-28,32,35,63H,6,9-10,14,18,25-26,29-30,55H2,1-5H3,(H,56,64). The number of aryl methyl sites for hydroxylation is 2. The molecule has 11 rings (SSSR count). The van der Waals surface area contributed by atoms with Gasteiger partial charge in [0.25, 0.3) is 5.91 Å². The summed E-state index contributed by atoms with van der Waals surface area (Å²) in [6.07, 6.45) is 7.69. The lowest BCUT2D eigenvalue weighted by molar-refractivity contribution is -0.120. The predicted octanol–water partition coefficient (Wildman–Crippen LogP) is 8.06. The fourth-order valence-electron chi connectivity index (χ4n) is 9.85. The average Bonchev–Trinajstić information content (AvgIpc) is 4.27. The maximum atomic E-state index is 14.7. The van der Waals surface area contributed by atoms with Crippen LogP contribution in [-0.2, 0) is 30.2 Å². The number of carbonyl (C=O) groups is 2. The van der Waals surface area contributed by atoms with E-state index in [0.717, 1.165) is 40.2 Å². The number of aliphatic hydroxyl groups is 1. The number of aromatic nitrogens is 5. The number of ether oxygens (including phenoxy) is 6. The molecule has 4 N–H and O–H groups in total. The highest BCUT2D eigenvalue weighted by molar-refractivity contribution is 7.08. The van der Waals surface area contributed by atoms with Gasteiger partial charge in [0.2, 0.25) is 5.88 Å². The Hall–Kier alpha value is -7.54. The molecule has 1 saturated carbocycles. The summed E-state index contributed by atoms with van der Waals surface area (Å²) in [5, 5.41) is 31.8. The number of thiophene rings is 2. The number of hydrogen-bond donors (Lipinski definition) is 3. The Morgan fingerprint density at radius 2 is 1.71 bits per heavy atom. The second kappa shape index (κ2) is 19.5. The molecule has 376 valence electrons. The van der Waals surface area contributed by atoms with Gasteiger partial charge >= 0.3 is 5.97 Å². The Labute approximate surface area is 429 Å². The van der Waals surface area contributed by atoms with Crippen molar-refractivity contribution < 1.29 is 43.1 Å². The van der Waals surface area contributed by atoms with Gasteiger partial charge in [-0.1, -0.05) is 0 Å². The summed E-state index contributed by atoms with van der Waals surface area (Å²) in [5.74, 6) is 1.78. The Balaban J connectivity index is 0.883. The first-order valence-corrected chi connectivity index (χ1v) is 25.9. The van der Waals surface area contributed by atoms with Crippen LogP contribution in [0.5, 0.6) is 28.9 Å². The molecule has 1 amide bonds. The van der Waals surface area contributed by atoms with Gasteiger partial charge < -0.3 is 54.0 Å². The van der Waals surface area contributed by atoms with Crippen LogP contribution in [0.3, 0.4) is 0 Å². The van der Waals surface area contributed by atoms with Gasteiger partial charge in [-0.25, -0.2) is 14.2 Å². The Morgan fingerprint density at radius 3 is 2.42 bits per heavy atom. The van der Waals surface area contributed by atoms with Gasteiger partial charge in [-0.05, 0) is 80.3 Å². The van der Waals surface area contributed by atoms with Gasteiger partial charge in [-0.2, -0.15) is 32.9 Å². The lowest BCUT2D eigenvalue weighted by Crippen LogP contribution is -2.53. The number of esters is 1. The molecule has 3 unspecified atom stereocenters. The fraction of sp³-hybridized carbons (Fsp3) is 0.315. The fourth-order valence-corrected chi connectivity index (χ4v) is 11.1. The number of nitrogens with two attached hydrogens (primary N) is 1. The van der Waals surface area contributed by atoms with Gasteiger partial charge in [0.05, 0.1) is 65.5 Å². The van der Waals surface area contributed by atoms with E-state index in [1.165, 1.54) is 11.3 Å². The lowest BCUT2D eigenvalue weighted by atomic mass is 9.93. The first-order chi connectivity index (χ1) is 35.4. The number of amides is 1. The number of rotatable bonds is 15. The third kappa shape index (κ3) is 8.97. The van der Waals surface area contributed by atoms with E-state index in [0.29, 0.717) is 88.5 Å². The number of aliphatic hydroxyl groups excluding tert-OH is 1. The maximum absolute atomic E-state index is 14.7. The number of carbonyl (C=O) groups excluding carboxylic acids is 2. The topological polar surface area (TPSA) is 192 Å². The summed E-state index contributed by atoms with van der Waals surface area (Å²) in [7, 11) is 5.36. The Kier molecular flexibility index (Phi) is 12.7. The van der Waals surface area contributed by atoms with Crippen LogP contribution >= 0.6 is 22.7 Å². The van der Waals surface area contributed by atoms with Gasteiger partial charge in [0.15, 0.2) is 5.69 Å². The van der Waals surface area contributed by atoms with Crippen LogP contribution in [0.15, 0.2) is 105 Å². The van der Waals surface area contributed by atoms with Crippen LogP contribution in [-0.4, -0.2) is 98.9 Å². The second-order valence-corrected chi connectivity index (χ2v) is 20.3. The van der Waals surface area contributed by atoms with Crippen LogP contribution in [0.2, 0.25) is 0 Å². The van der Waals surface area contributed by atoms with Crippen LogP contribution in [0.25, 0.3) is 45.0 Å². The number of anilines is 1. The molecule has 1 fully saturated rings.